The zero-order valence-electron chi connectivity index (χ0n) is 9.28. The summed E-state index contributed by atoms with van der Waals surface area (Å²) in [6, 6.07) is 3.38. The van der Waals surface area contributed by atoms with Gasteiger partial charge in [0, 0.05) is 17.6 Å². The minimum atomic E-state index is -0.0983. The van der Waals surface area contributed by atoms with E-state index in [9.17, 15) is 4.79 Å². The van der Waals surface area contributed by atoms with Crippen LogP contribution in [-0.2, 0) is 4.74 Å². The lowest BCUT2D eigenvalue weighted by Gasteiger charge is -2.27. The third-order valence-corrected chi connectivity index (χ3v) is 3.16. The molecule has 1 aliphatic rings. The Labute approximate surface area is 108 Å². The molecule has 0 saturated carbocycles. The van der Waals surface area contributed by atoms with Crippen LogP contribution in [0, 0.1) is 0 Å². The Morgan fingerprint density at radius 1 is 1.29 bits per heavy atom. The molecule has 1 saturated heterocycles. The number of amides is 1. The molecule has 1 aliphatic heterocycles. The van der Waals surface area contributed by atoms with Crippen LogP contribution in [0.2, 0.25) is 0 Å². The van der Waals surface area contributed by atoms with Gasteiger partial charge >= 0.3 is 0 Å². The van der Waals surface area contributed by atoms with Crippen molar-refractivity contribution in [2.24, 2.45) is 0 Å². The molecule has 1 aromatic rings. The number of morpholine rings is 1. The van der Waals surface area contributed by atoms with E-state index in [-0.39, 0.29) is 5.91 Å². The molecule has 2 rings (SSSR count). The maximum atomic E-state index is 12.2. The van der Waals surface area contributed by atoms with E-state index in [0.29, 0.717) is 43.2 Å². The van der Waals surface area contributed by atoms with E-state index >= 15 is 0 Å². The molecule has 1 aromatic carbocycles. The minimum absolute atomic E-state index is 0.0983. The van der Waals surface area contributed by atoms with Crippen LogP contribution in [-0.4, -0.2) is 37.1 Å². The largest absolute Gasteiger partial charge is 0.397 e. The highest BCUT2D eigenvalue weighted by atomic mass is 79.9. The Hall–Kier alpha value is -1.27. The first-order valence-corrected chi connectivity index (χ1v) is 6.10. The number of rotatable bonds is 1. The Balaban J connectivity index is 2.29. The van der Waals surface area contributed by atoms with Gasteiger partial charge in [-0.25, -0.2) is 0 Å². The highest BCUT2D eigenvalue weighted by Gasteiger charge is 2.21. The van der Waals surface area contributed by atoms with Crippen LogP contribution in [0.5, 0.6) is 0 Å². The van der Waals surface area contributed by atoms with Crippen molar-refractivity contribution in [3.63, 3.8) is 0 Å². The molecule has 0 unspecified atom stereocenters. The Kier molecular flexibility index (Phi) is 3.54. The molecule has 1 amide bonds. The zero-order chi connectivity index (χ0) is 12.4. The fourth-order valence-electron chi connectivity index (χ4n) is 1.75. The van der Waals surface area contributed by atoms with E-state index in [0.717, 1.165) is 4.47 Å². The van der Waals surface area contributed by atoms with Gasteiger partial charge in [-0.2, -0.15) is 0 Å². The summed E-state index contributed by atoms with van der Waals surface area (Å²) in [5, 5.41) is 0. The van der Waals surface area contributed by atoms with Crippen molar-refractivity contribution in [3.8, 4) is 0 Å². The normalized spacial score (nSPS) is 15.9. The van der Waals surface area contributed by atoms with Gasteiger partial charge in [0.1, 0.15) is 0 Å². The second kappa shape index (κ2) is 4.93. The van der Waals surface area contributed by atoms with Gasteiger partial charge in [0.15, 0.2) is 0 Å². The maximum absolute atomic E-state index is 12.2. The number of anilines is 2. The number of benzene rings is 1. The highest BCUT2D eigenvalue weighted by molar-refractivity contribution is 9.10. The maximum Gasteiger partial charge on any atom is 0.256 e. The molecule has 0 radical (unpaired) electrons. The standard InChI is InChI=1S/C11H14BrN3O2/c12-7-5-8(10(14)9(13)6-7)11(16)15-1-3-17-4-2-15/h5-6H,1-4,13-14H2. The van der Waals surface area contributed by atoms with Crippen LogP contribution in [0.3, 0.4) is 0 Å². The Morgan fingerprint density at radius 2 is 1.94 bits per heavy atom. The first kappa shape index (κ1) is 12.2. The van der Waals surface area contributed by atoms with Gasteiger partial charge in [-0.3, -0.25) is 4.79 Å². The fraction of sp³-hybridized carbons (Fsp3) is 0.364. The number of hydrogen-bond acceptors (Lipinski definition) is 4. The van der Waals surface area contributed by atoms with Gasteiger partial charge in [-0.1, -0.05) is 15.9 Å². The lowest BCUT2D eigenvalue weighted by molar-refractivity contribution is 0.0303. The van der Waals surface area contributed by atoms with Crippen molar-refractivity contribution in [1.29, 1.82) is 0 Å². The fourth-order valence-corrected chi connectivity index (χ4v) is 2.23. The predicted octanol–water partition coefficient (Wildman–Crippen LogP) is 1.09. The van der Waals surface area contributed by atoms with E-state index < -0.39 is 0 Å². The summed E-state index contributed by atoms with van der Waals surface area (Å²) in [4.78, 5) is 14.0. The van der Waals surface area contributed by atoms with E-state index in [1.54, 1.807) is 17.0 Å². The van der Waals surface area contributed by atoms with Gasteiger partial charge in [0.2, 0.25) is 0 Å². The van der Waals surface area contributed by atoms with Crippen LogP contribution < -0.4 is 11.5 Å². The number of ether oxygens (including phenoxy) is 1. The third kappa shape index (κ3) is 2.53. The molecule has 0 bridgehead atoms. The Morgan fingerprint density at radius 3 is 2.59 bits per heavy atom. The third-order valence-electron chi connectivity index (χ3n) is 2.71. The first-order chi connectivity index (χ1) is 8.09. The van der Waals surface area contributed by atoms with Gasteiger partial charge < -0.3 is 21.1 Å². The van der Waals surface area contributed by atoms with Crippen molar-refractivity contribution in [2.45, 2.75) is 0 Å². The van der Waals surface area contributed by atoms with Crippen molar-refractivity contribution < 1.29 is 9.53 Å². The minimum Gasteiger partial charge on any atom is -0.397 e. The first-order valence-electron chi connectivity index (χ1n) is 5.31. The summed E-state index contributed by atoms with van der Waals surface area (Å²) in [6.45, 7) is 2.31. The molecule has 17 heavy (non-hydrogen) atoms. The molecule has 5 nitrogen and oxygen atoms in total. The van der Waals surface area contributed by atoms with E-state index in [1.807, 2.05) is 0 Å². The average molecular weight is 300 g/mol. The highest BCUT2D eigenvalue weighted by Crippen LogP contribution is 2.26. The summed E-state index contributed by atoms with van der Waals surface area (Å²) in [6.07, 6.45) is 0. The molecular formula is C11H14BrN3O2. The monoisotopic (exact) mass is 299 g/mol. The summed E-state index contributed by atoms with van der Waals surface area (Å²) in [7, 11) is 0. The molecule has 92 valence electrons. The van der Waals surface area contributed by atoms with Crippen molar-refractivity contribution in [3.05, 3.63) is 22.2 Å². The Bertz CT molecular complexity index is 445. The van der Waals surface area contributed by atoms with Crippen LogP contribution in [0.1, 0.15) is 10.4 Å². The lowest BCUT2D eigenvalue weighted by atomic mass is 10.1. The van der Waals surface area contributed by atoms with Crippen LogP contribution in [0.4, 0.5) is 11.4 Å². The summed E-state index contributed by atoms with van der Waals surface area (Å²) < 4.78 is 5.96. The summed E-state index contributed by atoms with van der Waals surface area (Å²) >= 11 is 3.31. The van der Waals surface area contributed by atoms with Crippen LogP contribution >= 0.6 is 15.9 Å². The van der Waals surface area contributed by atoms with Gasteiger partial charge in [-0.15, -0.1) is 0 Å². The molecule has 6 heteroatoms. The average Bonchev–Trinajstić information content (AvgIpc) is 2.34. The summed E-state index contributed by atoms with van der Waals surface area (Å²) in [5.41, 5.74) is 12.8. The van der Waals surface area contributed by atoms with E-state index in [4.69, 9.17) is 16.2 Å². The number of halogens is 1. The van der Waals surface area contributed by atoms with Gasteiger partial charge in [0.05, 0.1) is 30.2 Å². The zero-order valence-corrected chi connectivity index (χ0v) is 10.9. The molecule has 0 aliphatic carbocycles. The molecule has 0 atom stereocenters. The molecule has 0 spiro atoms. The molecule has 1 fully saturated rings. The number of nitrogen functional groups attached to an aromatic ring is 2. The van der Waals surface area contributed by atoms with Crippen molar-refractivity contribution >= 4 is 33.2 Å². The lowest BCUT2D eigenvalue weighted by Crippen LogP contribution is -2.41. The van der Waals surface area contributed by atoms with Gasteiger partial charge in [0.25, 0.3) is 5.91 Å². The number of carbonyl (C=O) groups is 1. The number of nitrogens with two attached hydrogens (primary N) is 2. The van der Waals surface area contributed by atoms with Crippen LogP contribution in [0.15, 0.2) is 16.6 Å². The van der Waals surface area contributed by atoms with E-state index in [2.05, 4.69) is 15.9 Å². The van der Waals surface area contributed by atoms with Crippen molar-refractivity contribution in [2.75, 3.05) is 37.8 Å². The topological polar surface area (TPSA) is 81.6 Å². The second-order valence-electron chi connectivity index (χ2n) is 3.86. The smallest absolute Gasteiger partial charge is 0.256 e. The number of carbonyl (C=O) groups excluding carboxylic acids is 1. The molecule has 0 aromatic heterocycles. The molecule has 1 heterocycles. The van der Waals surface area contributed by atoms with Crippen LogP contribution in [0.25, 0.3) is 0 Å². The predicted molar refractivity (Wildman–Crippen MR) is 69.7 cm³/mol. The molecular weight excluding hydrogens is 286 g/mol. The second-order valence-corrected chi connectivity index (χ2v) is 4.78. The number of hydrogen-bond donors (Lipinski definition) is 2. The van der Waals surface area contributed by atoms with Crippen molar-refractivity contribution in [1.82, 2.24) is 4.90 Å². The summed E-state index contributed by atoms with van der Waals surface area (Å²) in [5.74, 6) is -0.0983. The quantitative estimate of drug-likeness (QED) is 0.761. The number of nitrogens with zero attached hydrogens (tertiary/aromatic N) is 1. The van der Waals surface area contributed by atoms with E-state index in [1.165, 1.54) is 0 Å². The SMILES string of the molecule is Nc1cc(Br)cc(C(=O)N2CCOCC2)c1N. The molecule has 4 N–H and O–H groups in total. The van der Waals surface area contributed by atoms with Gasteiger partial charge in [-0.05, 0) is 12.1 Å².